The number of nitrogens with two attached hydrogens (primary N) is 1. The molecule has 0 fully saturated rings. The predicted octanol–water partition coefficient (Wildman–Crippen LogP) is 2.68. The van der Waals surface area contributed by atoms with Crippen LogP contribution >= 0.6 is 11.8 Å². The topological polar surface area (TPSA) is 46.2 Å². The van der Waals surface area contributed by atoms with Gasteiger partial charge in [0, 0.05) is 10.5 Å². The van der Waals surface area contributed by atoms with Gasteiger partial charge in [-0.15, -0.1) is 11.8 Å². The minimum atomic E-state index is -4.55. The van der Waals surface area contributed by atoms with Crippen LogP contribution in [0.1, 0.15) is 11.6 Å². The van der Waals surface area contributed by atoms with Crippen molar-refractivity contribution in [3.8, 4) is 5.75 Å². The fraction of sp³-hybridized carbons (Fsp3) is 0.333. The van der Waals surface area contributed by atoms with E-state index < -0.39 is 18.0 Å². The maximum absolute atomic E-state index is 12.3. The quantitative estimate of drug-likeness (QED) is 0.777. The van der Waals surface area contributed by atoms with Crippen molar-refractivity contribution in [2.45, 2.75) is 17.1 Å². The number of aromatic hydroxyl groups is 1. The van der Waals surface area contributed by atoms with Crippen LogP contribution in [-0.4, -0.2) is 17.5 Å². The zero-order chi connectivity index (χ0) is 11.6. The van der Waals surface area contributed by atoms with Gasteiger partial charge in [-0.2, -0.15) is 13.2 Å². The molecule has 3 N–H and O–H groups in total. The summed E-state index contributed by atoms with van der Waals surface area (Å²) < 4.78 is 36.9. The van der Waals surface area contributed by atoms with Crippen LogP contribution in [0.15, 0.2) is 23.1 Å². The number of thioether (sulfide) groups is 1. The van der Waals surface area contributed by atoms with Gasteiger partial charge in [0.15, 0.2) is 0 Å². The molecule has 0 aromatic heterocycles. The lowest BCUT2D eigenvalue weighted by Gasteiger charge is -2.17. The molecule has 0 aliphatic carbocycles. The molecule has 6 heteroatoms. The Hall–Kier alpha value is -0.880. The Balaban J connectivity index is 3.12. The molecule has 0 heterocycles. The number of phenols is 1. The third-order valence-electron chi connectivity index (χ3n) is 1.92. The van der Waals surface area contributed by atoms with Gasteiger partial charge in [0.25, 0.3) is 0 Å². The number of hydrogen-bond acceptors (Lipinski definition) is 3. The smallest absolute Gasteiger partial charge is 0.407 e. The van der Waals surface area contributed by atoms with E-state index in [0.29, 0.717) is 4.90 Å². The Bertz CT molecular complexity index is 354. The summed E-state index contributed by atoms with van der Waals surface area (Å²) in [4.78, 5) is 0.627. The number of alkyl halides is 3. The van der Waals surface area contributed by atoms with Gasteiger partial charge < -0.3 is 10.8 Å². The minimum absolute atomic E-state index is 0.297. The molecule has 15 heavy (non-hydrogen) atoms. The third kappa shape index (κ3) is 2.79. The normalized spacial score (nSPS) is 13.9. The van der Waals surface area contributed by atoms with E-state index >= 15 is 0 Å². The van der Waals surface area contributed by atoms with Crippen LogP contribution in [0.5, 0.6) is 5.75 Å². The Morgan fingerprint density at radius 3 is 2.47 bits per heavy atom. The molecule has 0 aliphatic heterocycles. The number of phenolic OH excluding ortho intramolecular Hbond substituents is 1. The van der Waals surface area contributed by atoms with Gasteiger partial charge in [-0.25, -0.2) is 0 Å². The predicted molar refractivity (Wildman–Crippen MR) is 52.9 cm³/mol. The summed E-state index contributed by atoms with van der Waals surface area (Å²) in [7, 11) is 0. The molecule has 1 atom stereocenters. The van der Waals surface area contributed by atoms with E-state index in [4.69, 9.17) is 5.73 Å². The van der Waals surface area contributed by atoms with Crippen LogP contribution in [0.4, 0.5) is 13.2 Å². The highest BCUT2D eigenvalue weighted by molar-refractivity contribution is 7.98. The molecule has 0 amide bonds. The molecule has 1 aromatic rings. The first-order chi connectivity index (χ1) is 6.86. The average molecular weight is 237 g/mol. The molecular formula is C9H10F3NOS. The third-order valence-corrected chi connectivity index (χ3v) is 2.65. The molecule has 1 aromatic carbocycles. The lowest BCUT2D eigenvalue weighted by molar-refractivity contribution is -0.149. The maximum Gasteiger partial charge on any atom is 0.407 e. The molecule has 0 aliphatic rings. The fourth-order valence-corrected chi connectivity index (χ4v) is 1.53. The van der Waals surface area contributed by atoms with Crippen LogP contribution < -0.4 is 5.73 Å². The first kappa shape index (κ1) is 12.2. The summed E-state index contributed by atoms with van der Waals surface area (Å²) in [6.45, 7) is 0. The van der Waals surface area contributed by atoms with E-state index in [1.165, 1.54) is 30.0 Å². The zero-order valence-corrected chi connectivity index (χ0v) is 8.69. The molecule has 84 valence electrons. The molecule has 1 rings (SSSR count). The van der Waals surface area contributed by atoms with E-state index in [0.717, 1.165) is 0 Å². The fourth-order valence-electron chi connectivity index (χ4n) is 1.09. The Kier molecular flexibility index (Phi) is 3.51. The lowest BCUT2D eigenvalue weighted by Crippen LogP contribution is -2.28. The second-order valence-electron chi connectivity index (χ2n) is 2.94. The maximum atomic E-state index is 12.3. The van der Waals surface area contributed by atoms with Crippen molar-refractivity contribution in [2.24, 2.45) is 5.73 Å². The monoisotopic (exact) mass is 237 g/mol. The highest BCUT2D eigenvalue weighted by Crippen LogP contribution is 2.36. The van der Waals surface area contributed by atoms with Crippen LogP contribution in [-0.2, 0) is 0 Å². The van der Waals surface area contributed by atoms with Gasteiger partial charge in [-0.1, -0.05) is 0 Å². The Labute approximate surface area is 89.3 Å². The summed E-state index contributed by atoms with van der Waals surface area (Å²) in [6, 6.07) is 1.85. The van der Waals surface area contributed by atoms with Crippen molar-refractivity contribution in [3.63, 3.8) is 0 Å². The first-order valence-corrected chi connectivity index (χ1v) is 5.28. The Morgan fingerprint density at radius 2 is 2.00 bits per heavy atom. The number of halogens is 3. The minimum Gasteiger partial charge on any atom is -0.508 e. The Morgan fingerprint density at radius 1 is 1.40 bits per heavy atom. The number of benzene rings is 1. The van der Waals surface area contributed by atoms with Crippen molar-refractivity contribution in [2.75, 3.05) is 6.26 Å². The summed E-state index contributed by atoms with van der Waals surface area (Å²) >= 11 is 1.29. The van der Waals surface area contributed by atoms with Gasteiger partial charge in [-0.3, -0.25) is 0 Å². The van der Waals surface area contributed by atoms with Gasteiger partial charge in [-0.05, 0) is 24.5 Å². The largest absolute Gasteiger partial charge is 0.508 e. The summed E-state index contributed by atoms with van der Waals surface area (Å²) in [5.41, 5.74) is 4.71. The first-order valence-electron chi connectivity index (χ1n) is 4.05. The zero-order valence-electron chi connectivity index (χ0n) is 7.88. The van der Waals surface area contributed by atoms with Gasteiger partial charge in [0.2, 0.25) is 0 Å². The van der Waals surface area contributed by atoms with Crippen molar-refractivity contribution in [3.05, 3.63) is 23.8 Å². The molecular weight excluding hydrogens is 227 g/mol. The molecule has 0 unspecified atom stereocenters. The van der Waals surface area contributed by atoms with E-state index in [9.17, 15) is 18.3 Å². The molecule has 2 nitrogen and oxygen atoms in total. The van der Waals surface area contributed by atoms with Gasteiger partial charge >= 0.3 is 6.18 Å². The van der Waals surface area contributed by atoms with Gasteiger partial charge in [0.05, 0.1) is 0 Å². The SMILES string of the molecule is CSc1ccc(O)c([C@@H](N)C(F)(F)F)c1. The van der Waals surface area contributed by atoms with Crippen LogP contribution in [0.25, 0.3) is 0 Å². The van der Waals surface area contributed by atoms with Crippen molar-refractivity contribution < 1.29 is 18.3 Å². The van der Waals surface area contributed by atoms with E-state index in [1.807, 2.05) is 0 Å². The van der Waals surface area contributed by atoms with E-state index in [1.54, 1.807) is 6.26 Å². The molecule has 0 spiro atoms. The van der Waals surface area contributed by atoms with Crippen LogP contribution in [0.3, 0.4) is 0 Å². The van der Waals surface area contributed by atoms with Crippen molar-refractivity contribution >= 4 is 11.8 Å². The van der Waals surface area contributed by atoms with Crippen LogP contribution in [0.2, 0.25) is 0 Å². The van der Waals surface area contributed by atoms with E-state index in [2.05, 4.69) is 0 Å². The highest BCUT2D eigenvalue weighted by Gasteiger charge is 2.39. The van der Waals surface area contributed by atoms with Crippen LogP contribution in [0, 0.1) is 0 Å². The van der Waals surface area contributed by atoms with Crippen molar-refractivity contribution in [1.29, 1.82) is 0 Å². The average Bonchev–Trinajstić information content (AvgIpc) is 2.16. The van der Waals surface area contributed by atoms with Gasteiger partial charge in [0.1, 0.15) is 11.8 Å². The van der Waals surface area contributed by atoms with Crippen molar-refractivity contribution in [1.82, 2.24) is 0 Å². The standard InChI is InChI=1S/C9H10F3NOS/c1-15-5-2-3-7(14)6(4-5)8(13)9(10,11)12/h2-4,8,14H,13H2,1H3/t8-/m1/s1. The summed E-state index contributed by atoms with van der Waals surface area (Å²) in [5, 5.41) is 9.27. The molecule has 0 saturated carbocycles. The second kappa shape index (κ2) is 4.32. The lowest BCUT2D eigenvalue weighted by atomic mass is 10.1. The van der Waals surface area contributed by atoms with E-state index in [-0.39, 0.29) is 5.56 Å². The molecule has 0 saturated heterocycles. The number of hydrogen-bond donors (Lipinski definition) is 2. The highest BCUT2D eigenvalue weighted by atomic mass is 32.2. The summed E-state index contributed by atoms with van der Waals surface area (Å²) in [6.07, 6.45) is -2.82. The number of rotatable bonds is 2. The second-order valence-corrected chi connectivity index (χ2v) is 3.82. The summed E-state index contributed by atoms with van der Waals surface area (Å²) in [5.74, 6) is -0.433. The molecule has 0 radical (unpaired) electrons. The molecule has 0 bridgehead atoms.